The Morgan fingerprint density at radius 2 is 1.88 bits per heavy atom. The van der Waals surface area contributed by atoms with Gasteiger partial charge in [0.25, 0.3) is 0 Å². The average molecular weight is 368 g/mol. The summed E-state index contributed by atoms with van der Waals surface area (Å²) < 4.78 is 5.44. The highest BCUT2D eigenvalue weighted by molar-refractivity contribution is 5.85. The van der Waals surface area contributed by atoms with Crippen LogP contribution in [-0.4, -0.2) is 62.8 Å². The van der Waals surface area contributed by atoms with Crippen molar-refractivity contribution in [3.8, 4) is 0 Å². The van der Waals surface area contributed by atoms with E-state index in [0.717, 1.165) is 65.2 Å². The maximum atomic E-state index is 12.7. The number of benzene rings is 1. The third-order valence-electron chi connectivity index (χ3n) is 4.96. The molecule has 1 amide bonds. The van der Waals surface area contributed by atoms with Crippen LogP contribution in [0.5, 0.6) is 0 Å². The molecule has 2 saturated heterocycles. The molecule has 3 rings (SSSR count). The summed E-state index contributed by atoms with van der Waals surface area (Å²) >= 11 is 0. The molecule has 0 radical (unpaired) electrons. The van der Waals surface area contributed by atoms with Crippen molar-refractivity contribution in [3.05, 3.63) is 35.9 Å². The summed E-state index contributed by atoms with van der Waals surface area (Å²) in [4.78, 5) is 15.1. The Morgan fingerprint density at radius 1 is 1.20 bits per heavy atom. The van der Waals surface area contributed by atoms with Gasteiger partial charge in [-0.05, 0) is 37.9 Å². The summed E-state index contributed by atoms with van der Waals surface area (Å²) in [5.41, 5.74) is 1.28. The quantitative estimate of drug-likeness (QED) is 0.799. The van der Waals surface area contributed by atoms with Gasteiger partial charge in [-0.15, -0.1) is 12.4 Å². The standard InChI is InChI=1S/C19H29N3O2.ClH/c23-19(17-6-8-20-9-7-17)21-18(14-16-4-2-1-3-5-16)15-22-10-12-24-13-11-22;/h1-5,17-18,20H,6-15H2,(H,21,23);1H. The van der Waals surface area contributed by atoms with E-state index in [4.69, 9.17) is 4.74 Å². The van der Waals surface area contributed by atoms with Gasteiger partial charge >= 0.3 is 0 Å². The van der Waals surface area contributed by atoms with Gasteiger partial charge in [-0.2, -0.15) is 0 Å². The number of carbonyl (C=O) groups is 1. The fourth-order valence-electron chi connectivity index (χ4n) is 3.56. The molecule has 0 aliphatic carbocycles. The second-order valence-corrected chi connectivity index (χ2v) is 6.83. The van der Waals surface area contributed by atoms with Crippen molar-refractivity contribution < 1.29 is 9.53 Å². The Bertz CT molecular complexity index is 503. The SMILES string of the molecule is Cl.O=C(NC(Cc1ccccc1)CN1CCOCC1)C1CCNCC1. The van der Waals surface area contributed by atoms with E-state index in [-0.39, 0.29) is 30.3 Å². The third-order valence-corrected chi connectivity index (χ3v) is 4.96. The summed E-state index contributed by atoms with van der Waals surface area (Å²) in [6, 6.07) is 10.6. The number of amides is 1. The van der Waals surface area contributed by atoms with E-state index in [1.54, 1.807) is 0 Å². The Hall–Kier alpha value is -1.14. The maximum Gasteiger partial charge on any atom is 0.223 e. The van der Waals surface area contributed by atoms with Crippen LogP contribution in [0.1, 0.15) is 18.4 Å². The Balaban J connectivity index is 0.00000225. The molecule has 25 heavy (non-hydrogen) atoms. The van der Waals surface area contributed by atoms with Crippen molar-refractivity contribution >= 4 is 18.3 Å². The van der Waals surface area contributed by atoms with Crippen LogP contribution in [0.2, 0.25) is 0 Å². The van der Waals surface area contributed by atoms with Crippen LogP contribution < -0.4 is 10.6 Å². The number of ether oxygens (including phenoxy) is 1. The topological polar surface area (TPSA) is 53.6 Å². The Kier molecular flexibility index (Phi) is 8.68. The zero-order valence-electron chi connectivity index (χ0n) is 14.8. The predicted molar refractivity (Wildman–Crippen MR) is 102 cm³/mol. The second kappa shape index (κ2) is 10.8. The number of morpholine rings is 1. The van der Waals surface area contributed by atoms with Crippen molar-refractivity contribution in [2.24, 2.45) is 5.92 Å². The smallest absolute Gasteiger partial charge is 0.223 e. The Labute approximate surface area is 156 Å². The van der Waals surface area contributed by atoms with E-state index in [2.05, 4.69) is 39.8 Å². The van der Waals surface area contributed by atoms with Gasteiger partial charge in [0.15, 0.2) is 0 Å². The zero-order valence-corrected chi connectivity index (χ0v) is 15.6. The number of nitrogens with zero attached hydrogens (tertiary/aromatic N) is 1. The van der Waals surface area contributed by atoms with E-state index < -0.39 is 0 Å². The lowest BCUT2D eigenvalue weighted by Crippen LogP contribution is -2.50. The number of carbonyl (C=O) groups excluding carboxylic acids is 1. The second-order valence-electron chi connectivity index (χ2n) is 6.83. The highest BCUT2D eigenvalue weighted by atomic mass is 35.5. The summed E-state index contributed by atoms with van der Waals surface area (Å²) in [5, 5.41) is 6.66. The minimum Gasteiger partial charge on any atom is -0.379 e. The first-order valence-electron chi connectivity index (χ1n) is 9.16. The molecule has 1 atom stereocenters. The largest absolute Gasteiger partial charge is 0.379 e. The zero-order chi connectivity index (χ0) is 16.6. The number of nitrogens with one attached hydrogen (secondary N) is 2. The molecule has 5 nitrogen and oxygen atoms in total. The fraction of sp³-hybridized carbons (Fsp3) is 0.632. The summed E-state index contributed by atoms with van der Waals surface area (Å²) in [6.45, 7) is 6.29. The molecule has 0 spiro atoms. The van der Waals surface area contributed by atoms with Crippen LogP contribution in [0.15, 0.2) is 30.3 Å². The van der Waals surface area contributed by atoms with Gasteiger partial charge in [0.2, 0.25) is 5.91 Å². The van der Waals surface area contributed by atoms with Crippen LogP contribution in [0.4, 0.5) is 0 Å². The number of hydrogen-bond acceptors (Lipinski definition) is 4. The maximum absolute atomic E-state index is 12.7. The predicted octanol–water partition coefficient (Wildman–Crippen LogP) is 1.47. The minimum absolute atomic E-state index is 0. The molecule has 0 bridgehead atoms. The third kappa shape index (κ3) is 6.59. The molecule has 0 aromatic heterocycles. The van der Waals surface area contributed by atoms with E-state index in [0.29, 0.717) is 0 Å². The van der Waals surface area contributed by atoms with Gasteiger partial charge in [0.05, 0.1) is 13.2 Å². The molecule has 2 aliphatic rings. The molecule has 1 aromatic carbocycles. The summed E-state index contributed by atoms with van der Waals surface area (Å²) in [7, 11) is 0. The van der Waals surface area contributed by atoms with Crippen LogP contribution in [-0.2, 0) is 16.0 Å². The number of halogens is 1. The van der Waals surface area contributed by atoms with Gasteiger partial charge in [-0.3, -0.25) is 9.69 Å². The molecule has 1 unspecified atom stereocenters. The molecule has 2 heterocycles. The van der Waals surface area contributed by atoms with Gasteiger partial charge in [-0.1, -0.05) is 30.3 Å². The van der Waals surface area contributed by atoms with Crippen LogP contribution in [0, 0.1) is 5.92 Å². The van der Waals surface area contributed by atoms with Gasteiger partial charge in [0, 0.05) is 31.6 Å². The first-order valence-corrected chi connectivity index (χ1v) is 9.16. The molecule has 0 saturated carbocycles. The lowest BCUT2D eigenvalue weighted by molar-refractivity contribution is -0.126. The molecule has 140 valence electrons. The van der Waals surface area contributed by atoms with Gasteiger partial charge < -0.3 is 15.4 Å². The monoisotopic (exact) mass is 367 g/mol. The van der Waals surface area contributed by atoms with Crippen molar-refractivity contribution in [2.75, 3.05) is 45.9 Å². The van der Waals surface area contributed by atoms with Crippen LogP contribution in [0.25, 0.3) is 0 Å². The molecule has 6 heteroatoms. The first-order chi connectivity index (χ1) is 11.8. The molecular formula is C19H30ClN3O2. The average Bonchev–Trinajstić information content (AvgIpc) is 2.64. The van der Waals surface area contributed by atoms with E-state index in [1.165, 1.54) is 5.56 Å². The Morgan fingerprint density at radius 3 is 2.56 bits per heavy atom. The lowest BCUT2D eigenvalue weighted by atomic mass is 9.96. The van der Waals surface area contributed by atoms with Crippen molar-refractivity contribution in [2.45, 2.75) is 25.3 Å². The molecule has 2 aliphatic heterocycles. The van der Waals surface area contributed by atoms with Gasteiger partial charge in [-0.25, -0.2) is 0 Å². The number of piperidine rings is 1. The first kappa shape index (κ1) is 20.2. The van der Waals surface area contributed by atoms with Crippen molar-refractivity contribution in [3.63, 3.8) is 0 Å². The van der Waals surface area contributed by atoms with Crippen LogP contribution >= 0.6 is 12.4 Å². The van der Waals surface area contributed by atoms with E-state index >= 15 is 0 Å². The minimum atomic E-state index is 0. The number of hydrogen-bond donors (Lipinski definition) is 2. The normalized spacial score (nSPS) is 20.5. The molecule has 2 fully saturated rings. The summed E-state index contributed by atoms with van der Waals surface area (Å²) in [5.74, 6) is 0.389. The van der Waals surface area contributed by atoms with Crippen LogP contribution in [0.3, 0.4) is 0 Å². The summed E-state index contributed by atoms with van der Waals surface area (Å²) in [6.07, 6.45) is 2.78. The molecule has 2 N–H and O–H groups in total. The molecule has 1 aromatic rings. The molecular weight excluding hydrogens is 338 g/mol. The van der Waals surface area contributed by atoms with Crippen molar-refractivity contribution in [1.29, 1.82) is 0 Å². The van der Waals surface area contributed by atoms with E-state index in [9.17, 15) is 4.79 Å². The highest BCUT2D eigenvalue weighted by Crippen LogP contribution is 2.13. The number of rotatable bonds is 6. The fourth-order valence-corrected chi connectivity index (χ4v) is 3.56. The van der Waals surface area contributed by atoms with Crippen molar-refractivity contribution in [1.82, 2.24) is 15.5 Å². The lowest BCUT2D eigenvalue weighted by Gasteiger charge is -2.32. The highest BCUT2D eigenvalue weighted by Gasteiger charge is 2.25. The van der Waals surface area contributed by atoms with E-state index in [1.807, 2.05) is 6.07 Å². The van der Waals surface area contributed by atoms with Gasteiger partial charge in [0.1, 0.15) is 0 Å².